The number of nitrogens with zero attached hydrogens (tertiary/aromatic N) is 3. The quantitative estimate of drug-likeness (QED) is 0.797. The second kappa shape index (κ2) is 7.81. The van der Waals surface area contributed by atoms with Crippen LogP contribution in [-0.4, -0.2) is 56.1 Å². The third kappa shape index (κ3) is 5.01. The molecule has 1 heterocycles. The lowest BCUT2D eigenvalue weighted by Crippen LogP contribution is -2.46. The van der Waals surface area contributed by atoms with E-state index in [1.807, 2.05) is 0 Å². The first-order valence-corrected chi connectivity index (χ1v) is 8.33. The smallest absolute Gasteiger partial charge is 0.0367 e. The second-order valence-electron chi connectivity index (χ2n) is 6.68. The molecule has 1 fully saturated rings. The molecular weight excluding hydrogens is 258 g/mol. The Labute approximate surface area is 130 Å². The van der Waals surface area contributed by atoms with Gasteiger partial charge in [0.05, 0.1) is 0 Å². The highest BCUT2D eigenvalue weighted by Crippen LogP contribution is 2.18. The van der Waals surface area contributed by atoms with E-state index in [0.29, 0.717) is 0 Å². The van der Waals surface area contributed by atoms with E-state index in [0.717, 1.165) is 32.1 Å². The fourth-order valence-electron chi connectivity index (χ4n) is 3.13. The molecule has 2 rings (SSSR count). The van der Waals surface area contributed by atoms with Crippen molar-refractivity contribution in [2.45, 2.75) is 27.3 Å². The highest BCUT2D eigenvalue weighted by atomic mass is 15.3. The molecule has 1 aromatic carbocycles. The molecule has 0 aromatic heterocycles. The standard InChI is InChI=1S/C18H31N3/c1-5-20-10-12-21(13-11-20)18-8-6-17(7-9-18)15-19(4)14-16(2)3/h6-9,16H,5,10-15H2,1-4H3. The van der Waals surface area contributed by atoms with E-state index >= 15 is 0 Å². The van der Waals surface area contributed by atoms with Gasteiger partial charge in [-0.2, -0.15) is 0 Å². The van der Waals surface area contributed by atoms with Gasteiger partial charge in [-0.15, -0.1) is 0 Å². The summed E-state index contributed by atoms with van der Waals surface area (Å²) in [6.45, 7) is 14.9. The van der Waals surface area contributed by atoms with Crippen LogP contribution in [0.3, 0.4) is 0 Å². The molecule has 0 spiro atoms. The maximum absolute atomic E-state index is 2.52. The van der Waals surface area contributed by atoms with Crippen LogP contribution in [0.15, 0.2) is 24.3 Å². The third-order valence-electron chi connectivity index (χ3n) is 4.25. The monoisotopic (exact) mass is 289 g/mol. The summed E-state index contributed by atoms with van der Waals surface area (Å²) < 4.78 is 0. The Kier molecular flexibility index (Phi) is 6.07. The lowest BCUT2D eigenvalue weighted by molar-refractivity contribution is 0.271. The van der Waals surface area contributed by atoms with Gasteiger partial charge in [0.15, 0.2) is 0 Å². The number of rotatable bonds is 6. The number of benzene rings is 1. The van der Waals surface area contributed by atoms with E-state index in [4.69, 9.17) is 0 Å². The molecular formula is C18H31N3. The fraction of sp³-hybridized carbons (Fsp3) is 0.667. The summed E-state index contributed by atoms with van der Waals surface area (Å²) in [5.41, 5.74) is 2.79. The lowest BCUT2D eigenvalue weighted by Gasteiger charge is -2.35. The van der Waals surface area contributed by atoms with E-state index < -0.39 is 0 Å². The van der Waals surface area contributed by atoms with Crippen LogP contribution in [0.4, 0.5) is 5.69 Å². The number of hydrogen-bond acceptors (Lipinski definition) is 3. The summed E-state index contributed by atoms with van der Waals surface area (Å²) in [6, 6.07) is 9.16. The number of piperazine rings is 1. The summed E-state index contributed by atoms with van der Waals surface area (Å²) in [5.74, 6) is 0.726. The topological polar surface area (TPSA) is 9.72 Å². The van der Waals surface area contributed by atoms with Crippen molar-refractivity contribution < 1.29 is 0 Å². The highest BCUT2D eigenvalue weighted by molar-refractivity contribution is 5.48. The Hall–Kier alpha value is -1.06. The first kappa shape index (κ1) is 16.3. The number of hydrogen-bond donors (Lipinski definition) is 0. The van der Waals surface area contributed by atoms with Gasteiger partial charge < -0.3 is 14.7 Å². The molecule has 0 atom stereocenters. The maximum Gasteiger partial charge on any atom is 0.0367 e. The van der Waals surface area contributed by atoms with E-state index in [2.05, 4.69) is 66.8 Å². The molecule has 1 saturated heterocycles. The molecule has 0 unspecified atom stereocenters. The van der Waals surface area contributed by atoms with Gasteiger partial charge in [0.25, 0.3) is 0 Å². The Morgan fingerprint density at radius 2 is 1.67 bits per heavy atom. The summed E-state index contributed by atoms with van der Waals surface area (Å²) >= 11 is 0. The van der Waals surface area contributed by atoms with Crippen molar-refractivity contribution in [1.82, 2.24) is 9.80 Å². The maximum atomic E-state index is 2.52. The molecule has 1 aliphatic heterocycles. The second-order valence-corrected chi connectivity index (χ2v) is 6.68. The molecule has 1 aromatic rings. The van der Waals surface area contributed by atoms with Gasteiger partial charge in [-0.25, -0.2) is 0 Å². The highest BCUT2D eigenvalue weighted by Gasteiger charge is 2.15. The largest absolute Gasteiger partial charge is 0.369 e. The first-order valence-electron chi connectivity index (χ1n) is 8.33. The first-order chi connectivity index (χ1) is 10.1. The molecule has 0 saturated carbocycles. The minimum Gasteiger partial charge on any atom is -0.369 e. The molecule has 0 bridgehead atoms. The van der Waals surface area contributed by atoms with E-state index in [1.54, 1.807) is 0 Å². The van der Waals surface area contributed by atoms with Crippen molar-refractivity contribution >= 4 is 5.69 Å². The summed E-state index contributed by atoms with van der Waals surface area (Å²) in [5, 5.41) is 0. The van der Waals surface area contributed by atoms with Crippen LogP contribution in [0.2, 0.25) is 0 Å². The average molecular weight is 289 g/mol. The van der Waals surface area contributed by atoms with Crippen molar-refractivity contribution in [3.8, 4) is 0 Å². The molecule has 21 heavy (non-hydrogen) atoms. The number of likely N-dealkylation sites (N-methyl/N-ethyl adjacent to an activating group) is 1. The zero-order valence-corrected chi connectivity index (χ0v) is 14.2. The Bertz CT molecular complexity index is 405. The summed E-state index contributed by atoms with van der Waals surface area (Å²) in [4.78, 5) is 7.43. The SMILES string of the molecule is CCN1CCN(c2ccc(CN(C)CC(C)C)cc2)CC1. The van der Waals surface area contributed by atoms with Crippen LogP contribution in [0.25, 0.3) is 0 Å². The van der Waals surface area contributed by atoms with Gasteiger partial charge in [0.2, 0.25) is 0 Å². The molecule has 0 radical (unpaired) electrons. The van der Waals surface area contributed by atoms with Crippen LogP contribution < -0.4 is 4.90 Å². The van der Waals surface area contributed by atoms with E-state index in [1.165, 1.54) is 30.9 Å². The van der Waals surface area contributed by atoms with Crippen LogP contribution in [0.1, 0.15) is 26.3 Å². The van der Waals surface area contributed by atoms with Gasteiger partial charge in [0.1, 0.15) is 0 Å². The van der Waals surface area contributed by atoms with Crippen molar-refractivity contribution in [2.75, 3.05) is 51.2 Å². The molecule has 3 heteroatoms. The van der Waals surface area contributed by atoms with E-state index in [9.17, 15) is 0 Å². The minimum absolute atomic E-state index is 0.726. The van der Waals surface area contributed by atoms with Gasteiger partial charge in [0, 0.05) is 45.0 Å². The Morgan fingerprint density at radius 3 is 2.19 bits per heavy atom. The van der Waals surface area contributed by atoms with Crippen LogP contribution in [-0.2, 0) is 6.54 Å². The zero-order chi connectivity index (χ0) is 15.2. The van der Waals surface area contributed by atoms with Crippen molar-refractivity contribution in [2.24, 2.45) is 5.92 Å². The van der Waals surface area contributed by atoms with Crippen molar-refractivity contribution in [1.29, 1.82) is 0 Å². The van der Waals surface area contributed by atoms with Gasteiger partial charge in [-0.05, 0) is 37.2 Å². The van der Waals surface area contributed by atoms with Crippen molar-refractivity contribution in [3.63, 3.8) is 0 Å². The van der Waals surface area contributed by atoms with Gasteiger partial charge >= 0.3 is 0 Å². The predicted octanol–water partition coefficient (Wildman–Crippen LogP) is 2.92. The van der Waals surface area contributed by atoms with Gasteiger partial charge in [-0.1, -0.05) is 32.9 Å². The van der Waals surface area contributed by atoms with Gasteiger partial charge in [-0.3, -0.25) is 0 Å². The van der Waals surface area contributed by atoms with Crippen molar-refractivity contribution in [3.05, 3.63) is 29.8 Å². The minimum atomic E-state index is 0.726. The number of anilines is 1. The molecule has 0 aliphatic carbocycles. The molecule has 3 nitrogen and oxygen atoms in total. The fourth-order valence-corrected chi connectivity index (χ4v) is 3.13. The van der Waals surface area contributed by atoms with Crippen LogP contribution in [0, 0.1) is 5.92 Å². The molecule has 0 amide bonds. The zero-order valence-electron chi connectivity index (χ0n) is 14.2. The Morgan fingerprint density at radius 1 is 1.05 bits per heavy atom. The normalized spacial score (nSPS) is 17.0. The summed E-state index contributed by atoms with van der Waals surface area (Å²) in [7, 11) is 2.21. The van der Waals surface area contributed by atoms with Crippen LogP contribution in [0.5, 0.6) is 0 Å². The molecule has 1 aliphatic rings. The average Bonchev–Trinajstić information content (AvgIpc) is 2.47. The van der Waals surface area contributed by atoms with Crippen LogP contribution >= 0.6 is 0 Å². The molecule has 118 valence electrons. The van der Waals surface area contributed by atoms with E-state index in [-0.39, 0.29) is 0 Å². The Balaban J connectivity index is 1.87. The predicted molar refractivity (Wildman–Crippen MR) is 91.9 cm³/mol. The lowest BCUT2D eigenvalue weighted by atomic mass is 10.1. The molecule has 0 N–H and O–H groups in total. The third-order valence-corrected chi connectivity index (χ3v) is 4.25. The summed E-state index contributed by atoms with van der Waals surface area (Å²) in [6.07, 6.45) is 0.